The molecule has 3 nitrogen and oxygen atoms in total. The quantitative estimate of drug-likeness (QED) is 0.614. The minimum Gasteiger partial charge on any atom is -0.317 e. The van der Waals surface area contributed by atoms with Gasteiger partial charge in [0.15, 0.2) is 0 Å². The molecule has 2 aromatic heterocycles. The van der Waals surface area contributed by atoms with E-state index >= 15 is 0 Å². The maximum Gasteiger partial charge on any atom is 0.125 e. The zero-order valence-electron chi connectivity index (χ0n) is 10.5. The predicted molar refractivity (Wildman–Crippen MR) is 85.2 cm³/mol. The molecule has 1 unspecified atom stereocenters. The molecule has 0 fully saturated rings. The lowest BCUT2D eigenvalue weighted by atomic mass is 10.2. The highest BCUT2D eigenvalue weighted by molar-refractivity contribution is 7.09. The van der Waals surface area contributed by atoms with Crippen LogP contribution >= 0.6 is 46.1 Å². The molecule has 20 heavy (non-hydrogen) atoms. The van der Waals surface area contributed by atoms with Gasteiger partial charge in [0.25, 0.3) is 0 Å². The lowest BCUT2D eigenvalue weighted by Crippen LogP contribution is -2.09. The van der Waals surface area contributed by atoms with E-state index in [1.54, 1.807) is 23.6 Å². The molecule has 0 aliphatic rings. The van der Waals surface area contributed by atoms with E-state index in [-0.39, 0.29) is 6.04 Å². The normalized spacial score (nSPS) is 13.0. The zero-order valence-corrected chi connectivity index (χ0v) is 13.6. The lowest BCUT2D eigenvalue weighted by Gasteiger charge is -2.14. The van der Waals surface area contributed by atoms with E-state index in [0.717, 1.165) is 21.9 Å². The van der Waals surface area contributed by atoms with Crippen LogP contribution in [0.4, 0.5) is 0 Å². The summed E-state index contributed by atoms with van der Waals surface area (Å²) in [6.07, 6.45) is 1.79. The molecule has 3 rings (SSSR count). The fourth-order valence-electron chi connectivity index (χ4n) is 2.22. The van der Waals surface area contributed by atoms with Gasteiger partial charge in [0.2, 0.25) is 0 Å². The standard InChI is InChI=1S/C13H10Cl3N3S/c1-7(13-17-2-3-20-13)19-11-5-9(16)8(15)4-10(11)18-12(19)6-14/h2-5,7H,6H2,1H3. The first kappa shape index (κ1) is 14.1. The summed E-state index contributed by atoms with van der Waals surface area (Å²) in [5, 5.41) is 3.95. The number of nitrogens with zero attached hydrogens (tertiary/aromatic N) is 3. The molecule has 0 bridgehead atoms. The molecule has 7 heteroatoms. The van der Waals surface area contributed by atoms with Gasteiger partial charge in [0.1, 0.15) is 10.8 Å². The Balaban J connectivity index is 2.25. The number of hydrogen-bond acceptors (Lipinski definition) is 3. The Morgan fingerprint density at radius 3 is 2.70 bits per heavy atom. The Bertz CT molecular complexity index is 752. The van der Waals surface area contributed by atoms with Crippen LogP contribution in [0.25, 0.3) is 11.0 Å². The van der Waals surface area contributed by atoms with Gasteiger partial charge in [-0.1, -0.05) is 23.2 Å². The van der Waals surface area contributed by atoms with E-state index in [1.807, 2.05) is 11.4 Å². The van der Waals surface area contributed by atoms with Crippen LogP contribution in [0.1, 0.15) is 23.8 Å². The first-order chi connectivity index (χ1) is 9.61. The molecular formula is C13H10Cl3N3S. The third-order valence-electron chi connectivity index (χ3n) is 3.12. The van der Waals surface area contributed by atoms with Gasteiger partial charge in [-0.15, -0.1) is 22.9 Å². The second-order valence-electron chi connectivity index (χ2n) is 4.33. The highest BCUT2D eigenvalue weighted by Crippen LogP contribution is 2.32. The predicted octanol–water partition coefficient (Wildman–Crippen LogP) is 5.15. The largest absolute Gasteiger partial charge is 0.317 e. The summed E-state index contributed by atoms with van der Waals surface area (Å²) < 4.78 is 2.06. The minimum atomic E-state index is 0.0472. The number of hydrogen-bond donors (Lipinski definition) is 0. The van der Waals surface area contributed by atoms with Crippen molar-refractivity contribution in [1.29, 1.82) is 0 Å². The Kier molecular flexibility index (Phi) is 3.91. The van der Waals surface area contributed by atoms with Crippen molar-refractivity contribution in [3.8, 4) is 0 Å². The second-order valence-corrected chi connectivity index (χ2v) is 6.34. The van der Waals surface area contributed by atoms with Crippen LogP contribution in [-0.4, -0.2) is 14.5 Å². The summed E-state index contributed by atoms with van der Waals surface area (Å²) in [5.41, 5.74) is 1.70. The van der Waals surface area contributed by atoms with E-state index in [1.165, 1.54) is 0 Å². The van der Waals surface area contributed by atoms with Crippen LogP contribution in [0.3, 0.4) is 0 Å². The first-order valence-corrected chi connectivity index (χ1v) is 8.10. The van der Waals surface area contributed by atoms with Gasteiger partial charge in [0.05, 0.1) is 33.0 Å². The summed E-state index contributed by atoms with van der Waals surface area (Å²) in [6, 6.07) is 3.64. The van der Waals surface area contributed by atoms with Crippen molar-refractivity contribution in [2.75, 3.05) is 0 Å². The van der Waals surface area contributed by atoms with E-state index in [9.17, 15) is 0 Å². The third kappa shape index (κ3) is 2.31. The third-order valence-corrected chi connectivity index (χ3v) is 5.03. The van der Waals surface area contributed by atoms with Crippen LogP contribution in [0.2, 0.25) is 10.0 Å². The molecule has 0 amide bonds. The van der Waals surface area contributed by atoms with Crippen LogP contribution in [0, 0.1) is 0 Å². The fourth-order valence-corrected chi connectivity index (χ4v) is 3.41. The molecule has 1 aromatic carbocycles. The molecular weight excluding hydrogens is 337 g/mol. The summed E-state index contributed by atoms with van der Waals surface area (Å²) in [6.45, 7) is 2.07. The van der Waals surface area contributed by atoms with Gasteiger partial charge in [-0.3, -0.25) is 0 Å². The highest BCUT2D eigenvalue weighted by atomic mass is 35.5. The summed E-state index contributed by atoms with van der Waals surface area (Å²) >= 11 is 19.8. The molecule has 2 heterocycles. The fraction of sp³-hybridized carbons (Fsp3) is 0.231. The van der Waals surface area contributed by atoms with Crippen molar-refractivity contribution in [2.45, 2.75) is 18.8 Å². The number of imidazole rings is 1. The maximum absolute atomic E-state index is 6.12. The molecule has 3 aromatic rings. The summed E-state index contributed by atoms with van der Waals surface area (Å²) in [4.78, 5) is 8.89. The number of rotatable bonds is 3. The van der Waals surface area contributed by atoms with Crippen LogP contribution in [0.5, 0.6) is 0 Å². The van der Waals surface area contributed by atoms with Crippen molar-refractivity contribution >= 4 is 57.2 Å². The number of alkyl halides is 1. The van der Waals surface area contributed by atoms with Gasteiger partial charge >= 0.3 is 0 Å². The molecule has 0 saturated carbocycles. The number of halogens is 3. The molecule has 0 aliphatic carbocycles. The molecule has 0 spiro atoms. The molecule has 0 radical (unpaired) electrons. The van der Waals surface area contributed by atoms with E-state index < -0.39 is 0 Å². The SMILES string of the molecule is CC(c1nccs1)n1c(CCl)nc2cc(Cl)c(Cl)cc21. The van der Waals surface area contributed by atoms with Crippen molar-refractivity contribution in [1.82, 2.24) is 14.5 Å². The molecule has 104 valence electrons. The van der Waals surface area contributed by atoms with Crippen molar-refractivity contribution in [3.63, 3.8) is 0 Å². The maximum atomic E-state index is 6.12. The number of aromatic nitrogens is 3. The molecule has 0 saturated heterocycles. The molecule has 1 atom stereocenters. The van der Waals surface area contributed by atoms with Crippen LogP contribution in [0.15, 0.2) is 23.7 Å². The summed E-state index contributed by atoms with van der Waals surface area (Å²) in [5.74, 6) is 1.10. The number of thiazole rings is 1. The van der Waals surface area contributed by atoms with Gasteiger partial charge in [-0.25, -0.2) is 9.97 Å². The van der Waals surface area contributed by atoms with E-state index in [0.29, 0.717) is 15.9 Å². The smallest absolute Gasteiger partial charge is 0.125 e. The zero-order chi connectivity index (χ0) is 14.3. The molecule has 0 N–H and O–H groups in total. The van der Waals surface area contributed by atoms with Crippen molar-refractivity contribution in [2.24, 2.45) is 0 Å². The van der Waals surface area contributed by atoms with Gasteiger partial charge in [0, 0.05) is 11.6 Å². The topological polar surface area (TPSA) is 30.7 Å². The van der Waals surface area contributed by atoms with E-state index in [4.69, 9.17) is 34.8 Å². The van der Waals surface area contributed by atoms with Gasteiger partial charge < -0.3 is 4.57 Å². The van der Waals surface area contributed by atoms with Crippen LogP contribution < -0.4 is 0 Å². The van der Waals surface area contributed by atoms with Gasteiger partial charge in [-0.2, -0.15) is 0 Å². The van der Waals surface area contributed by atoms with E-state index in [2.05, 4.69) is 21.5 Å². The van der Waals surface area contributed by atoms with Crippen LogP contribution in [-0.2, 0) is 5.88 Å². The molecule has 0 aliphatic heterocycles. The monoisotopic (exact) mass is 345 g/mol. The highest BCUT2D eigenvalue weighted by Gasteiger charge is 2.19. The Labute approximate surface area is 135 Å². The summed E-state index contributed by atoms with van der Waals surface area (Å²) in [7, 11) is 0. The average molecular weight is 347 g/mol. The minimum absolute atomic E-state index is 0.0472. The Morgan fingerprint density at radius 2 is 2.05 bits per heavy atom. The second kappa shape index (κ2) is 5.53. The first-order valence-electron chi connectivity index (χ1n) is 5.93. The van der Waals surface area contributed by atoms with Crippen molar-refractivity contribution in [3.05, 3.63) is 44.6 Å². The lowest BCUT2D eigenvalue weighted by molar-refractivity contribution is 0.630. The van der Waals surface area contributed by atoms with Gasteiger partial charge in [-0.05, 0) is 19.1 Å². The van der Waals surface area contributed by atoms with Crippen molar-refractivity contribution < 1.29 is 0 Å². The number of benzene rings is 1. The Hall–Kier alpha value is -0.810. The number of fused-ring (bicyclic) bond motifs is 1. The Morgan fingerprint density at radius 1 is 1.30 bits per heavy atom. The average Bonchev–Trinajstić information content (AvgIpc) is 3.06.